The molecule has 0 unspecified atom stereocenters. The van der Waals surface area contributed by atoms with E-state index in [4.69, 9.17) is 38.6 Å². The predicted molar refractivity (Wildman–Crippen MR) is 60.5 cm³/mol. The van der Waals surface area contributed by atoms with Gasteiger partial charge in [-0.15, -0.1) is 0 Å². The SMILES string of the molecule is CCc1[nH]cc[n+]1C.[Cl][Ga-]([Cl])([Cl])[Cl]. The number of H-pyrrole nitrogens is 1. The summed E-state index contributed by atoms with van der Waals surface area (Å²) in [7, 11) is 22.2. The van der Waals surface area contributed by atoms with E-state index in [1.807, 2.05) is 19.4 Å². The van der Waals surface area contributed by atoms with E-state index in [-0.39, 0.29) is 0 Å². The molecule has 0 aliphatic carbocycles. The molecule has 0 aliphatic rings. The van der Waals surface area contributed by atoms with Crippen LogP contribution in [0, 0.1) is 0 Å². The quantitative estimate of drug-likeness (QED) is 0.606. The van der Waals surface area contributed by atoms with E-state index in [1.165, 1.54) is 5.82 Å². The van der Waals surface area contributed by atoms with E-state index in [1.54, 1.807) is 0 Å². The Kier molecular flexibility index (Phi) is 6.98. The molecular weight excluding hydrogens is 312 g/mol. The molecule has 1 rings (SSSR count). The van der Waals surface area contributed by atoms with Gasteiger partial charge < -0.3 is 0 Å². The van der Waals surface area contributed by atoms with Crippen LogP contribution in [0.5, 0.6) is 0 Å². The summed E-state index contributed by atoms with van der Waals surface area (Å²) in [5, 5.41) is 0. The third-order valence-corrected chi connectivity index (χ3v) is 1.31. The molecule has 1 aromatic heterocycles. The van der Waals surface area contributed by atoms with Crippen molar-refractivity contribution in [3.8, 4) is 0 Å². The van der Waals surface area contributed by atoms with E-state index >= 15 is 0 Å². The molecule has 1 aromatic rings. The summed E-state index contributed by atoms with van der Waals surface area (Å²) in [6, 6.07) is 0. The molecule has 2 nitrogen and oxygen atoms in total. The van der Waals surface area contributed by atoms with Crippen molar-refractivity contribution in [2.75, 3.05) is 0 Å². The second-order valence-corrected chi connectivity index (χ2v) is 25.0. The molecule has 0 spiro atoms. The Morgan fingerprint density at radius 3 is 2.00 bits per heavy atom. The fourth-order valence-corrected chi connectivity index (χ4v) is 0.789. The molecular formula is C6H11Cl4GaN2. The van der Waals surface area contributed by atoms with Gasteiger partial charge >= 0.3 is 49.6 Å². The van der Waals surface area contributed by atoms with Gasteiger partial charge in [-0.3, -0.25) is 0 Å². The second-order valence-electron chi connectivity index (χ2n) is 2.37. The van der Waals surface area contributed by atoms with E-state index in [0.717, 1.165) is 6.42 Å². The number of nitrogens with one attached hydrogen (secondary N) is 1. The molecule has 0 radical (unpaired) electrons. The van der Waals surface area contributed by atoms with Crippen molar-refractivity contribution in [2.24, 2.45) is 7.05 Å². The first-order valence-electron chi connectivity index (χ1n) is 3.73. The fraction of sp³-hybridized carbons (Fsp3) is 0.500. The summed E-state index contributed by atoms with van der Waals surface area (Å²) in [6.45, 7) is 2.13. The second kappa shape index (κ2) is 6.48. The van der Waals surface area contributed by atoms with E-state index in [9.17, 15) is 0 Å². The topological polar surface area (TPSA) is 19.7 Å². The maximum absolute atomic E-state index is 5.03. The molecule has 0 aromatic carbocycles. The Morgan fingerprint density at radius 1 is 1.38 bits per heavy atom. The van der Waals surface area contributed by atoms with Crippen molar-refractivity contribution in [3.63, 3.8) is 0 Å². The molecule has 1 heterocycles. The number of rotatable bonds is 1. The normalized spacial score (nSPS) is 10.6. The van der Waals surface area contributed by atoms with Crippen LogP contribution < -0.4 is 4.57 Å². The molecule has 0 saturated heterocycles. The van der Waals surface area contributed by atoms with Crippen LogP contribution in [-0.4, -0.2) is 16.0 Å². The van der Waals surface area contributed by atoms with E-state index < -0.39 is 11.0 Å². The number of aryl methyl sites for hydroxylation is 2. The van der Waals surface area contributed by atoms with Crippen LogP contribution in [0.2, 0.25) is 0 Å². The summed E-state index contributed by atoms with van der Waals surface area (Å²) >= 11 is -3.24. The van der Waals surface area contributed by atoms with Crippen LogP contribution in [0.4, 0.5) is 0 Å². The Labute approximate surface area is 97.1 Å². The average molecular weight is 323 g/mol. The Morgan fingerprint density at radius 2 is 1.85 bits per heavy atom. The number of imidazole rings is 1. The van der Waals surface area contributed by atoms with Gasteiger partial charge in [0.2, 0.25) is 0 Å². The minimum atomic E-state index is -3.24. The van der Waals surface area contributed by atoms with Crippen LogP contribution >= 0.6 is 38.6 Å². The van der Waals surface area contributed by atoms with Gasteiger partial charge in [0, 0.05) is 6.42 Å². The number of hydrogen-bond acceptors (Lipinski definition) is 0. The van der Waals surface area contributed by atoms with Crippen molar-refractivity contribution >= 4 is 49.6 Å². The van der Waals surface area contributed by atoms with Gasteiger partial charge in [0.1, 0.15) is 12.4 Å². The van der Waals surface area contributed by atoms with E-state index in [2.05, 4.69) is 16.5 Å². The molecule has 7 heteroatoms. The van der Waals surface area contributed by atoms with Crippen LogP contribution in [-0.2, 0) is 13.5 Å². The summed E-state index contributed by atoms with van der Waals surface area (Å²) in [5.74, 6) is 1.27. The van der Waals surface area contributed by atoms with Gasteiger partial charge in [-0.1, -0.05) is 6.92 Å². The fourth-order valence-electron chi connectivity index (χ4n) is 0.789. The monoisotopic (exact) mass is 320 g/mol. The molecule has 76 valence electrons. The van der Waals surface area contributed by atoms with Gasteiger partial charge in [-0.2, -0.15) is 0 Å². The van der Waals surface area contributed by atoms with Crippen LogP contribution in [0.25, 0.3) is 0 Å². The van der Waals surface area contributed by atoms with Gasteiger partial charge in [0.05, 0.1) is 7.05 Å². The van der Waals surface area contributed by atoms with Crippen molar-refractivity contribution < 1.29 is 4.57 Å². The number of halogens is 4. The van der Waals surface area contributed by atoms with Crippen molar-refractivity contribution in [1.29, 1.82) is 0 Å². The van der Waals surface area contributed by atoms with Gasteiger partial charge in [-0.25, -0.2) is 9.55 Å². The summed E-state index contributed by atoms with van der Waals surface area (Å²) in [4.78, 5) is 3.12. The molecule has 0 aliphatic heterocycles. The van der Waals surface area contributed by atoms with Crippen molar-refractivity contribution in [2.45, 2.75) is 13.3 Å². The summed E-state index contributed by atoms with van der Waals surface area (Å²) < 4.78 is 2.08. The van der Waals surface area contributed by atoms with Gasteiger partial charge in [-0.05, 0) is 0 Å². The number of aromatic nitrogens is 2. The molecule has 0 bridgehead atoms. The third kappa shape index (κ3) is 9.31. The average Bonchev–Trinajstić information content (AvgIpc) is 2.31. The first-order valence-corrected chi connectivity index (χ1v) is 16.5. The first-order chi connectivity index (χ1) is 5.84. The molecule has 13 heavy (non-hydrogen) atoms. The molecule has 1 N–H and O–H groups in total. The van der Waals surface area contributed by atoms with Crippen LogP contribution in [0.1, 0.15) is 12.7 Å². The molecule has 0 atom stereocenters. The van der Waals surface area contributed by atoms with Crippen molar-refractivity contribution in [1.82, 2.24) is 4.98 Å². The zero-order valence-corrected chi connectivity index (χ0v) is 12.8. The third-order valence-electron chi connectivity index (χ3n) is 1.31. The maximum atomic E-state index is 5.03. The summed E-state index contributed by atoms with van der Waals surface area (Å²) in [6.07, 6.45) is 5.03. The molecule has 0 amide bonds. The molecule has 0 saturated carbocycles. The standard InChI is InChI=1S/C6H10N2.4ClH.Ga/c1-3-6-7-4-5-8(6)2;;;;;/h4-5H,3H2,1-2H3;4*1H;/q;;;;;+3/p-3. The Balaban J connectivity index is 0.000000252. The zero-order chi connectivity index (χ0) is 10.5. The van der Waals surface area contributed by atoms with Crippen LogP contribution in [0.15, 0.2) is 12.4 Å². The minimum absolute atomic E-state index is 1.07. The van der Waals surface area contributed by atoms with Gasteiger partial charge in [0.15, 0.2) is 0 Å². The van der Waals surface area contributed by atoms with Crippen molar-refractivity contribution in [3.05, 3.63) is 18.2 Å². The first kappa shape index (κ1) is 14.0. The Hall–Kier alpha value is 1.01. The number of hydrogen-bond donors (Lipinski definition) is 1. The molecule has 0 fully saturated rings. The Bertz CT molecular complexity index is 239. The zero-order valence-electron chi connectivity index (χ0n) is 7.40. The van der Waals surface area contributed by atoms with Crippen LogP contribution in [0.3, 0.4) is 0 Å². The van der Waals surface area contributed by atoms with E-state index in [0.29, 0.717) is 0 Å². The number of nitrogens with zero attached hydrogens (tertiary/aromatic N) is 1. The summed E-state index contributed by atoms with van der Waals surface area (Å²) in [5.41, 5.74) is 0. The predicted octanol–water partition coefficient (Wildman–Crippen LogP) is 2.78. The van der Waals surface area contributed by atoms with Gasteiger partial charge in [0.25, 0.3) is 5.82 Å². The number of aromatic amines is 1.